The summed E-state index contributed by atoms with van der Waals surface area (Å²) in [6.07, 6.45) is 1.31. The molecule has 0 aromatic heterocycles. The standard InChI is InChI=1S/C15H21Cl2N/c1-10-6-11(2)12(3)18(9-10)15-5-4-14(17)7-13(15)8-16/h4-5,7,10-12H,6,8-9H2,1-3H3. The molecule has 3 unspecified atom stereocenters. The van der Waals surface area contributed by atoms with E-state index in [1.807, 2.05) is 12.1 Å². The average Bonchev–Trinajstić information content (AvgIpc) is 2.34. The fourth-order valence-corrected chi connectivity index (χ4v) is 3.38. The van der Waals surface area contributed by atoms with Crippen molar-refractivity contribution in [2.75, 3.05) is 11.4 Å². The van der Waals surface area contributed by atoms with Crippen LogP contribution in [0.1, 0.15) is 32.8 Å². The van der Waals surface area contributed by atoms with E-state index in [9.17, 15) is 0 Å². The Morgan fingerprint density at radius 3 is 2.67 bits per heavy atom. The monoisotopic (exact) mass is 285 g/mol. The van der Waals surface area contributed by atoms with Crippen LogP contribution in [0.3, 0.4) is 0 Å². The summed E-state index contributed by atoms with van der Waals surface area (Å²) in [5.41, 5.74) is 2.39. The smallest absolute Gasteiger partial charge is 0.0495 e. The van der Waals surface area contributed by atoms with Crippen molar-refractivity contribution in [2.24, 2.45) is 11.8 Å². The topological polar surface area (TPSA) is 3.24 Å². The molecule has 0 saturated carbocycles. The Hall–Kier alpha value is -0.400. The Labute approximate surface area is 120 Å². The molecule has 3 atom stereocenters. The first-order valence-electron chi connectivity index (χ1n) is 6.64. The van der Waals surface area contributed by atoms with Gasteiger partial charge in [0.25, 0.3) is 0 Å². The van der Waals surface area contributed by atoms with Crippen LogP contribution < -0.4 is 4.90 Å². The van der Waals surface area contributed by atoms with Crippen molar-refractivity contribution in [2.45, 2.75) is 39.1 Å². The van der Waals surface area contributed by atoms with Crippen molar-refractivity contribution in [1.29, 1.82) is 0 Å². The molecule has 1 aliphatic heterocycles. The molecule has 1 aromatic rings. The third-order valence-corrected chi connectivity index (χ3v) is 4.62. The largest absolute Gasteiger partial charge is 0.368 e. The predicted molar refractivity (Wildman–Crippen MR) is 80.8 cm³/mol. The summed E-state index contributed by atoms with van der Waals surface area (Å²) in [5.74, 6) is 1.96. The summed E-state index contributed by atoms with van der Waals surface area (Å²) < 4.78 is 0. The molecule has 1 nitrogen and oxygen atoms in total. The summed E-state index contributed by atoms with van der Waals surface area (Å²) in [4.78, 5) is 2.49. The number of rotatable bonds is 2. The number of hydrogen-bond donors (Lipinski definition) is 0. The van der Waals surface area contributed by atoms with Gasteiger partial charge in [0.15, 0.2) is 0 Å². The Kier molecular flexibility index (Phi) is 4.45. The van der Waals surface area contributed by atoms with E-state index in [0.717, 1.165) is 23.0 Å². The van der Waals surface area contributed by atoms with Gasteiger partial charge < -0.3 is 4.90 Å². The van der Waals surface area contributed by atoms with Crippen LogP contribution in [0.2, 0.25) is 5.02 Å². The van der Waals surface area contributed by atoms with Crippen LogP contribution in [0.4, 0.5) is 5.69 Å². The molecule has 2 rings (SSSR count). The molecule has 0 N–H and O–H groups in total. The van der Waals surface area contributed by atoms with Crippen LogP contribution in [0, 0.1) is 11.8 Å². The second kappa shape index (κ2) is 5.71. The number of alkyl halides is 1. The zero-order valence-corrected chi connectivity index (χ0v) is 12.8. The van der Waals surface area contributed by atoms with Gasteiger partial charge >= 0.3 is 0 Å². The number of anilines is 1. The van der Waals surface area contributed by atoms with Crippen molar-refractivity contribution in [3.63, 3.8) is 0 Å². The van der Waals surface area contributed by atoms with E-state index < -0.39 is 0 Å². The summed E-state index contributed by atoms with van der Waals surface area (Å²) in [5, 5.41) is 0.764. The Balaban J connectivity index is 2.34. The molecule has 0 aliphatic carbocycles. The molecule has 100 valence electrons. The summed E-state index contributed by atoms with van der Waals surface area (Å²) in [7, 11) is 0. The van der Waals surface area contributed by atoms with Crippen molar-refractivity contribution >= 4 is 28.9 Å². The SMILES string of the molecule is CC1CC(C)C(C)N(c2ccc(Cl)cc2CCl)C1. The van der Waals surface area contributed by atoms with E-state index in [-0.39, 0.29) is 0 Å². The minimum atomic E-state index is 0.516. The van der Waals surface area contributed by atoms with Crippen molar-refractivity contribution in [3.8, 4) is 0 Å². The summed E-state index contributed by atoms with van der Waals surface area (Å²) in [6, 6.07) is 6.62. The second-order valence-corrected chi connectivity index (χ2v) is 6.32. The highest BCUT2D eigenvalue weighted by Crippen LogP contribution is 2.34. The highest BCUT2D eigenvalue weighted by molar-refractivity contribution is 6.30. The third-order valence-electron chi connectivity index (χ3n) is 4.09. The fraction of sp³-hybridized carbons (Fsp3) is 0.600. The van der Waals surface area contributed by atoms with E-state index in [2.05, 4.69) is 31.7 Å². The number of nitrogens with zero attached hydrogens (tertiary/aromatic N) is 1. The van der Waals surface area contributed by atoms with Crippen LogP contribution in [0.15, 0.2) is 18.2 Å². The second-order valence-electron chi connectivity index (χ2n) is 5.62. The van der Waals surface area contributed by atoms with Gasteiger partial charge in [-0.2, -0.15) is 0 Å². The van der Waals surface area contributed by atoms with Gasteiger partial charge in [-0.3, -0.25) is 0 Å². The highest BCUT2D eigenvalue weighted by atomic mass is 35.5. The lowest BCUT2D eigenvalue weighted by Crippen LogP contribution is -2.46. The van der Waals surface area contributed by atoms with Gasteiger partial charge in [0.2, 0.25) is 0 Å². The van der Waals surface area contributed by atoms with E-state index >= 15 is 0 Å². The normalized spacial score (nSPS) is 28.5. The lowest BCUT2D eigenvalue weighted by Gasteiger charge is -2.43. The number of piperidine rings is 1. The maximum absolute atomic E-state index is 6.06. The zero-order valence-electron chi connectivity index (χ0n) is 11.3. The lowest BCUT2D eigenvalue weighted by molar-refractivity contribution is 0.297. The average molecular weight is 286 g/mol. The zero-order chi connectivity index (χ0) is 13.3. The van der Waals surface area contributed by atoms with Crippen LogP contribution in [-0.4, -0.2) is 12.6 Å². The van der Waals surface area contributed by atoms with Gasteiger partial charge in [-0.15, -0.1) is 11.6 Å². The predicted octanol–water partition coefficient (Wildman–Crippen LogP) is 4.95. The lowest BCUT2D eigenvalue weighted by atomic mass is 9.85. The van der Waals surface area contributed by atoms with Gasteiger partial charge in [-0.1, -0.05) is 25.4 Å². The van der Waals surface area contributed by atoms with E-state index in [1.54, 1.807) is 0 Å². The maximum Gasteiger partial charge on any atom is 0.0495 e. The van der Waals surface area contributed by atoms with Gasteiger partial charge in [0, 0.05) is 29.2 Å². The molecule has 0 spiro atoms. The Morgan fingerprint density at radius 1 is 1.28 bits per heavy atom. The molecule has 0 amide bonds. The molecular weight excluding hydrogens is 265 g/mol. The first-order chi connectivity index (χ1) is 8.52. The molecule has 0 bridgehead atoms. The van der Waals surface area contributed by atoms with Gasteiger partial charge in [0.1, 0.15) is 0 Å². The number of hydrogen-bond acceptors (Lipinski definition) is 1. The number of halogens is 2. The van der Waals surface area contributed by atoms with Crippen molar-refractivity contribution < 1.29 is 0 Å². The number of benzene rings is 1. The van der Waals surface area contributed by atoms with Crippen LogP contribution >= 0.6 is 23.2 Å². The van der Waals surface area contributed by atoms with Crippen LogP contribution in [-0.2, 0) is 5.88 Å². The van der Waals surface area contributed by atoms with Gasteiger partial charge in [0.05, 0.1) is 0 Å². The molecule has 1 aromatic carbocycles. The molecule has 1 fully saturated rings. The third kappa shape index (κ3) is 2.78. The van der Waals surface area contributed by atoms with E-state index in [0.29, 0.717) is 17.8 Å². The summed E-state index contributed by atoms with van der Waals surface area (Å²) >= 11 is 12.1. The van der Waals surface area contributed by atoms with Crippen LogP contribution in [0.25, 0.3) is 0 Å². The van der Waals surface area contributed by atoms with Crippen molar-refractivity contribution in [3.05, 3.63) is 28.8 Å². The quantitative estimate of drug-likeness (QED) is 0.695. The van der Waals surface area contributed by atoms with E-state index in [4.69, 9.17) is 23.2 Å². The van der Waals surface area contributed by atoms with Crippen LogP contribution in [0.5, 0.6) is 0 Å². The van der Waals surface area contributed by atoms with Crippen molar-refractivity contribution in [1.82, 2.24) is 0 Å². The van der Waals surface area contributed by atoms with Gasteiger partial charge in [-0.05, 0) is 48.9 Å². The minimum Gasteiger partial charge on any atom is -0.368 e. The molecular formula is C15H21Cl2N. The van der Waals surface area contributed by atoms with Gasteiger partial charge in [-0.25, -0.2) is 0 Å². The first kappa shape index (κ1) is 14.0. The molecule has 0 radical (unpaired) electrons. The first-order valence-corrected chi connectivity index (χ1v) is 7.55. The molecule has 1 saturated heterocycles. The molecule has 3 heteroatoms. The molecule has 1 aliphatic rings. The summed E-state index contributed by atoms with van der Waals surface area (Å²) in [6.45, 7) is 8.08. The molecule has 18 heavy (non-hydrogen) atoms. The molecule has 1 heterocycles. The maximum atomic E-state index is 6.06. The Morgan fingerprint density at radius 2 is 2.00 bits per heavy atom. The highest BCUT2D eigenvalue weighted by Gasteiger charge is 2.29. The minimum absolute atomic E-state index is 0.516. The van der Waals surface area contributed by atoms with E-state index in [1.165, 1.54) is 12.1 Å². The fourth-order valence-electron chi connectivity index (χ4n) is 2.97. The Bertz CT molecular complexity index is 419.